The van der Waals surface area contributed by atoms with Gasteiger partial charge in [0.1, 0.15) is 0 Å². The molecule has 1 aromatic heterocycles. The lowest BCUT2D eigenvalue weighted by atomic mass is 10.0. The Bertz CT molecular complexity index is 248. The predicted octanol–water partition coefficient (Wildman–Crippen LogP) is 2.60. The molecule has 2 atom stereocenters. The number of rotatable bonds is 7. The molecule has 0 radical (unpaired) electrons. The molecule has 0 aliphatic carbocycles. The number of thiophene rings is 1. The fraction of sp³-hybridized carbons (Fsp3) is 0.667. The smallest absolute Gasteiger partial charge is 0.0431 e. The van der Waals surface area contributed by atoms with Gasteiger partial charge in [-0.2, -0.15) is 11.3 Å². The highest BCUT2D eigenvalue weighted by molar-refractivity contribution is 7.07. The van der Waals surface area contributed by atoms with Gasteiger partial charge in [-0.25, -0.2) is 0 Å². The second-order valence-electron chi connectivity index (χ2n) is 4.13. The third kappa shape index (κ3) is 4.78. The molecule has 0 fully saturated rings. The first-order valence-electron chi connectivity index (χ1n) is 5.60. The summed E-state index contributed by atoms with van der Waals surface area (Å²) in [5, 5.41) is 16.6. The molecule has 2 unspecified atom stereocenters. The molecular weight excluding hydrogens is 206 g/mol. The minimum atomic E-state index is 0.298. The van der Waals surface area contributed by atoms with Crippen LogP contribution in [-0.4, -0.2) is 24.3 Å². The van der Waals surface area contributed by atoms with Gasteiger partial charge in [-0.15, -0.1) is 0 Å². The van der Waals surface area contributed by atoms with Crippen molar-refractivity contribution in [3.05, 3.63) is 22.4 Å². The van der Waals surface area contributed by atoms with Gasteiger partial charge in [-0.1, -0.05) is 6.92 Å². The summed E-state index contributed by atoms with van der Waals surface area (Å²) >= 11 is 1.76. The van der Waals surface area contributed by atoms with E-state index in [2.05, 4.69) is 36.0 Å². The van der Waals surface area contributed by atoms with Crippen LogP contribution >= 0.6 is 11.3 Å². The number of hydrogen-bond donors (Lipinski definition) is 2. The zero-order valence-corrected chi connectivity index (χ0v) is 10.4. The predicted molar refractivity (Wildman–Crippen MR) is 66.5 cm³/mol. The van der Waals surface area contributed by atoms with E-state index in [1.807, 2.05) is 0 Å². The summed E-state index contributed by atoms with van der Waals surface area (Å²) in [4.78, 5) is 0. The van der Waals surface area contributed by atoms with Crippen LogP contribution in [-0.2, 0) is 0 Å². The van der Waals surface area contributed by atoms with E-state index in [4.69, 9.17) is 5.11 Å². The maximum Gasteiger partial charge on any atom is 0.0431 e. The summed E-state index contributed by atoms with van der Waals surface area (Å²) < 4.78 is 0. The molecule has 0 aromatic carbocycles. The van der Waals surface area contributed by atoms with E-state index in [0.29, 0.717) is 18.6 Å². The van der Waals surface area contributed by atoms with Crippen molar-refractivity contribution in [3.63, 3.8) is 0 Å². The number of aliphatic hydroxyl groups excluding tert-OH is 1. The van der Waals surface area contributed by atoms with Crippen LogP contribution in [0.5, 0.6) is 0 Å². The lowest BCUT2D eigenvalue weighted by Crippen LogP contribution is -2.29. The van der Waals surface area contributed by atoms with Gasteiger partial charge in [-0.05, 0) is 48.1 Å². The van der Waals surface area contributed by atoms with Crippen molar-refractivity contribution in [2.75, 3.05) is 13.2 Å². The van der Waals surface area contributed by atoms with E-state index in [1.165, 1.54) is 5.56 Å². The summed E-state index contributed by atoms with van der Waals surface area (Å²) in [6.45, 7) is 5.74. The zero-order chi connectivity index (χ0) is 11.1. The molecule has 0 saturated carbocycles. The lowest BCUT2D eigenvalue weighted by molar-refractivity contribution is 0.276. The van der Waals surface area contributed by atoms with Gasteiger partial charge in [0.15, 0.2) is 0 Å². The molecule has 0 aliphatic rings. The van der Waals surface area contributed by atoms with Gasteiger partial charge in [0.2, 0.25) is 0 Å². The molecule has 0 aliphatic heterocycles. The van der Waals surface area contributed by atoms with Crippen molar-refractivity contribution < 1.29 is 5.11 Å². The molecule has 1 heterocycles. The first kappa shape index (κ1) is 12.7. The monoisotopic (exact) mass is 227 g/mol. The molecule has 0 amide bonds. The Morgan fingerprint density at radius 1 is 1.47 bits per heavy atom. The fourth-order valence-electron chi connectivity index (χ4n) is 1.55. The SMILES string of the molecule is CC(CCCO)NCC(C)c1ccsc1. The van der Waals surface area contributed by atoms with Crippen molar-refractivity contribution in [1.29, 1.82) is 0 Å². The van der Waals surface area contributed by atoms with Gasteiger partial charge in [0.05, 0.1) is 0 Å². The van der Waals surface area contributed by atoms with Crippen LogP contribution in [0.3, 0.4) is 0 Å². The van der Waals surface area contributed by atoms with Crippen molar-refractivity contribution in [2.24, 2.45) is 0 Å². The van der Waals surface area contributed by atoms with Crippen LogP contribution in [0.15, 0.2) is 16.8 Å². The molecule has 1 aromatic rings. The Morgan fingerprint density at radius 2 is 2.27 bits per heavy atom. The van der Waals surface area contributed by atoms with Crippen molar-refractivity contribution in [1.82, 2.24) is 5.32 Å². The highest BCUT2D eigenvalue weighted by atomic mass is 32.1. The summed E-state index contributed by atoms with van der Waals surface area (Å²) in [6.07, 6.45) is 1.94. The van der Waals surface area contributed by atoms with Crippen LogP contribution in [0.2, 0.25) is 0 Å². The zero-order valence-electron chi connectivity index (χ0n) is 9.57. The molecule has 86 valence electrons. The molecule has 0 saturated heterocycles. The van der Waals surface area contributed by atoms with Crippen molar-refractivity contribution >= 4 is 11.3 Å². The number of aliphatic hydroxyl groups is 1. The molecule has 15 heavy (non-hydrogen) atoms. The van der Waals surface area contributed by atoms with Crippen LogP contribution < -0.4 is 5.32 Å². The molecule has 0 bridgehead atoms. The highest BCUT2D eigenvalue weighted by Gasteiger charge is 2.07. The molecule has 1 rings (SSSR count). The minimum Gasteiger partial charge on any atom is -0.396 e. The summed E-state index contributed by atoms with van der Waals surface area (Å²) in [5.74, 6) is 0.577. The largest absolute Gasteiger partial charge is 0.396 e. The minimum absolute atomic E-state index is 0.298. The van der Waals surface area contributed by atoms with Crippen LogP contribution in [0.4, 0.5) is 0 Å². The number of hydrogen-bond acceptors (Lipinski definition) is 3. The normalized spacial score (nSPS) is 15.1. The third-order valence-corrected chi connectivity index (χ3v) is 3.38. The summed E-state index contributed by atoms with van der Waals surface area (Å²) in [6, 6.07) is 2.69. The first-order chi connectivity index (χ1) is 7.24. The quantitative estimate of drug-likeness (QED) is 0.750. The van der Waals surface area contributed by atoms with E-state index in [-0.39, 0.29) is 0 Å². The Labute approximate surface area is 96.3 Å². The van der Waals surface area contributed by atoms with Gasteiger partial charge in [-0.3, -0.25) is 0 Å². The molecule has 2 nitrogen and oxygen atoms in total. The average Bonchev–Trinajstić information content (AvgIpc) is 2.76. The summed E-state index contributed by atoms with van der Waals surface area (Å²) in [5.41, 5.74) is 1.42. The topological polar surface area (TPSA) is 32.3 Å². The molecule has 0 spiro atoms. The maximum atomic E-state index is 8.72. The Morgan fingerprint density at radius 3 is 2.87 bits per heavy atom. The van der Waals surface area contributed by atoms with Gasteiger partial charge in [0, 0.05) is 19.2 Å². The Balaban J connectivity index is 2.19. The van der Waals surface area contributed by atoms with Gasteiger partial charge >= 0.3 is 0 Å². The second kappa shape index (κ2) is 6.99. The van der Waals surface area contributed by atoms with E-state index >= 15 is 0 Å². The van der Waals surface area contributed by atoms with Crippen molar-refractivity contribution in [2.45, 2.75) is 38.6 Å². The highest BCUT2D eigenvalue weighted by Crippen LogP contribution is 2.17. The van der Waals surface area contributed by atoms with E-state index < -0.39 is 0 Å². The van der Waals surface area contributed by atoms with E-state index in [1.54, 1.807) is 11.3 Å². The van der Waals surface area contributed by atoms with Gasteiger partial charge in [0.25, 0.3) is 0 Å². The molecular formula is C12H21NOS. The Kier molecular flexibility index (Phi) is 5.91. The van der Waals surface area contributed by atoms with E-state index in [9.17, 15) is 0 Å². The van der Waals surface area contributed by atoms with Crippen LogP contribution in [0.1, 0.15) is 38.2 Å². The maximum absolute atomic E-state index is 8.72. The Hall–Kier alpha value is -0.380. The molecule has 2 N–H and O–H groups in total. The average molecular weight is 227 g/mol. The van der Waals surface area contributed by atoms with Crippen LogP contribution in [0, 0.1) is 0 Å². The molecule has 3 heteroatoms. The first-order valence-corrected chi connectivity index (χ1v) is 6.54. The number of nitrogens with one attached hydrogen (secondary N) is 1. The second-order valence-corrected chi connectivity index (χ2v) is 4.91. The third-order valence-electron chi connectivity index (χ3n) is 2.68. The van der Waals surface area contributed by atoms with E-state index in [0.717, 1.165) is 19.4 Å². The van der Waals surface area contributed by atoms with Crippen LogP contribution in [0.25, 0.3) is 0 Å². The lowest BCUT2D eigenvalue weighted by Gasteiger charge is -2.16. The standard InChI is InChI=1S/C12H21NOS/c1-10(12-5-7-15-9-12)8-13-11(2)4-3-6-14/h5,7,9-11,13-14H,3-4,6,8H2,1-2H3. The summed E-state index contributed by atoms with van der Waals surface area (Å²) in [7, 11) is 0. The van der Waals surface area contributed by atoms with Gasteiger partial charge < -0.3 is 10.4 Å². The van der Waals surface area contributed by atoms with Crippen molar-refractivity contribution in [3.8, 4) is 0 Å². The fourth-order valence-corrected chi connectivity index (χ4v) is 2.33.